The van der Waals surface area contributed by atoms with E-state index in [9.17, 15) is 26.7 Å². The number of nitrogens with zero attached hydrogens (tertiary/aromatic N) is 4. The van der Waals surface area contributed by atoms with Crippen LogP contribution in [-0.2, 0) is 16.0 Å². The highest BCUT2D eigenvalue weighted by molar-refractivity contribution is 5.81. The summed E-state index contributed by atoms with van der Waals surface area (Å²) in [6.45, 7) is 1.04. The molecule has 3 N–H and O–H groups in total. The summed E-state index contributed by atoms with van der Waals surface area (Å²) >= 11 is 0. The van der Waals surface area contributed by atoms with Crippen LogP contribution in [0.25, 0.3) is 5.78 Å². The fraction of sp³-hybridized carbons (Fsp3) is 0.739. The van der Waals surface area contributed by atoms with Gasteiger partial charge in [0.25, 0.3) is 5.78 Å². The van der Waals surface area contributed by atoms with E-state index < -0.39 is 36.0 Å². The van der Waals surface area contributed by atoms with E-state index in [1.165, 1.54) is 4.52 Å². The molecule has 5 rings (SSSR count). The van der Waals surface area contributed by atoms with Crippen molar-refractivity contribution in [1.82, 2.24) is 24.9 Å². The predicted molar refractivity (Wildman–Crippen MR) is 117 cm³/mol. The molecule has 3 atom stereocenters. The van der Waals surface area contributed by atoms with Crippen LogP contribution in [0.4, 0.5) is 22.0 Å². The van der Waals surface area contributed by atoms with Crippen LogP contribution >= 0.6 is 0 Å². The van der Waals surface area contributed by atoms with E-state index in [0.717, 1.165) is 0 Å². The van der Waals surface area contributed by atoms with E-state index >= 15 is 0 Å². The van der Waals surface area contributed by atoms with Crippen molar-refractivity contribution in [1.29, 1.82) is 0 Å². The molecule has 36 heavy (non-hydrogen) atoms. The molecule has 2 aromatic rings. The molecule has 1 aliphatic carbocycles. The summed E-state index contributed by atoms with van der Waals surface area (Å²) in [7, 11) is 0. The Balaban J connectivity index is 1.43. The normalized spacial score (nSPS) is 26.9. The summed E-state index contributed by atoms with van der Waals surface area (Å²) in [5.41, 5.74) is 7.94. The standard InChI is InChI=1S/C23H29F5N6O2/c24-22(25)5-1-12(2-6-22)18(29)16-11-34-21(30-16)32-19(13-3-7-36-8-4-13)15(33-34)9-14-10-17(23(26,27)28)31-20(14)35/h11-14,17-18H,1-10,29H2,(H,31,35)/t14-,17-,18-/m0/s1. The number of alkyl halides is 5. The number of nitrogens with one attached hydrogen (secondary N) is 1. The van der Waals surface area contributed by atoms with Crippen molar-refractivity contribution < 1.29 is 31.5 Å². The lowest BCUT2D eigenvalue weighted by Gasteiger charge is -2.31. The van der Waals surface area contributed by atoms with Crippen molar-refractivity contribution in [2.75, 3.05) is 13.2 Å². The van der Waals surface area contributed by atoms with Crippen molar-refractivity contribution in [3.05, 3.63) is 23.3 Å². The summed E-state index contributed by atoms with van der Waals surface area (Å²) in [6, 6.07) is -2.44. The van der Waals surface area contributed by atoms with Crippen LogP contribution in [0, 0.1) is 11.8 Å². The highest BCUT2D eigenvalue weighted by atomic mass is 19.4. The third-order valence-electron chi connectivity index (χ3n) is 7.69. The highest BCUT2D eigenvalue weighted by Gasteiger charge is 2.48. The van der Waals surface area contributed by atoms with Gasteiger partial charge in [0.2, 0.25) is 11.8 Å². The van der Waals surface area contributed by atoms with E-state index in [1.807, 2.05) is 5.32 Å². The van der Waals surface area contributed by atoms with Gasteiger partial charge in [-0.3, -0.25) is 4.79 Å². The van der Waals surface area contributed by atoms with Crippen LogP contribution in [-0.4, -0.2) is 56.8 Å². The molecule has 2 saturated heterocycles. The van der Waals surface area contributed by atoms with Gasteiger partial charge in [-0.05, 0) is 38.0 Å². The molecule has 3 fully saturated rings. The Hall–Kier alpha value is -2.41. The number of imidazole rings is 1. The van der Waals surface area contributed by atoms with Gasteiger partial charge in [0.15, 0.2) is 0 Å². The molecule has 0 bridgehead atoms. The van der Waals surface area contributed by atoms with Crippen LogP contribution in [0.1, 0.15) is 74.0 Å². The number of carbonyl (C=O) groups excluding carboxylic acids is 1. The summed E-state index contributed by atoms with van der Waals surface area (Å²) < 4.78 is 73.6. The van der Waals surface area contributed by atoms with Gasteiger partial charge in [-0.1, -0.05) is 0 Å². The number of fused-ring (bicyclic) bond motifs is 1. The van der Waals surface area contributed by atoms with Gasteiger partial charge in [-0.15, -0.1) is 0 Å². The molecule has 1 amide bonds. The molecular formula is C23H29F5N6O2. The number of aromatic nitrogens is 4. The minimum absolute atomic E-state index is 0.0192. The molecule has 0 spiro atoms. The summed E-state index contributed by atoms with van der Waals surface area (Å²) in [5, 5.41) is 6.66. The maximum atomic E-state index is 13.6. The molecule has 198 valence electrons. The van der Waals surface area contributed by atoms with Crippen LogP contribution in [0.5, 0.6) is 0 Å². The van der Waals surface area contributed by atoms with E-state index in [4.69, 9.17) is 15.5 Å². The number of hydrogen-bond acceptors (Lipinski definition) is 6. The van der Waals surface area contributed by atoms with Gasteiger partial charge in [-0.2, -0.15) is 18.3 Å². The van der Waals surface area contributed by atoms with Gasteiger partial charge in [-0.25, -0.2) is 23.3 Å². The Morgan fingerprint density at radius 2 is 1.86 bits per heavy atom. The first kappa shape index (κ1) is 25.2. The van der Waals surface area contributed by atoms with Crippen LogP contribution in [0.2, 0.25) is 0 Å². The molecular weight excluding hydrogens is 487 g/mol. The topological polar surface area (TPSA) is 107 Å². The average molecular weight is 517 g/mol. The Bertz CT molecular complexity index is 1110. The first-order valence-corrected chi connectivity index (χ1v) is 12.3. The van der Waals surface area contributed by atoms with Crippen LogP contribution in [0.3, 0.4) is 0 Å². The Morgan fingerprint density at radius 1 is 1.17 bits per heavy atom. The zero-order valence-electron chi connectivity index (χ0n) is 19.6. The van der Waals surface area contributed by atoms with Crippen molar-refractivity contribution in [3.63, 3.8) is 0 Å². The third kappa shape index (κ3) is 5.17. The van der Waals surface area contributed by atoms with E-state index in [1.54, 1.807) is 6.20 Å². The Kier molecular flexibility index (Phi) is 6.64. The summed E-state index contributed by atoms with van der Waals surface area (Å²) in [4.78, 5) is 21.6. The second-order valence-electron chi connectivity index (χ2n) is 10.2. The number of carbonyl (C=O) groups is 1. The lowest BCUT2D eigenvalue weighted by molar-refractivity contribution is -0.154. The molecule has 0 aromatic carbocycles. The zero-order chi connectivity index (χ0) is 25.7. The van der Waals surface area contributed by atoms with Gasteiger partial charge in [0.1, 0.15) is 6.04 Å². The van der Waals surface area contributed by atoms with E-state index in [2.05, 4.69) is 10.1 Å². The molecule has 13 heteroatoms. The Morgan fingerprint density at radius 3 is 2.50 bits per heavy atom. The number of ether oxygens (including phenoxy) is 1. The van der Waals surface area contributed by atoms with Gasteiger partial charge in [0, 0.05) is 44.3 Å². The lowest BCUT2D eigenvalue weighted by atomic mass is 9.81. The number of amides is 1. The van der Waals surface area contributed by atoms with Crippen molar-refractivity contribution in [3.8, 4) is 0 Å². The van der Waals surface area contributed by atoms with Crippen molar-refractivity contribution in [2.24, 2.45) is 17.6 Å². The van der Waals surface area contributed by atoms with E-state index in [0.29, 0.717) is 56.0 Å². The average Bonchev–Trinajstić information content (AvgIpc) is 3.42. The number of nitrogens with two attached hydrogens (primary N) is 1. The monoisotopic (exact) mass is 516 g/mol. The maximum absolute atomic E-state index is 13.6. The minimum Gasteiger partial charge on any atom is -0.381 e. The quantitative estimate of drug-likeness (QED) is 0.590. The van der Waals surface area contributed by atoms with E-state index in [-0.39, 0.29) is 43.3 Å². The molecule has 4 heterocycles. The number of rotatable bonds is 5. The zero-order valence-corrected chi connectivity index (χ0v) is 19.6. The van der Waals surface area contributed by atoms with Gasteiger partial charge < -0.3 is 15.8 Å². The molecule has 3 aliphatic rings. The largest absolute Gasteiger partial charge is 0.408 e. The molecule has 2 aromatic heterocycles. The molecule has 0 radical (unpaired) electrons. The summed E-state index contributed by atoms with van der Waals surface area (Å²) in [5.74, 6) is -4.08. The molecule has 8 nitrogen and oxygen atoms in total. The number of hydrogen-bond donors (Lipinski definition) is 2. The maximum Gasteiger partial charge on any atom is 0.408 e. The third-order valence-corrected chi connectivity index (χ3v) is 7.69. The first-order valence-electron chi connectivity index (χ1n) is 12.3. The fourth-order valence-electron chi connectivity index (χ4n) is 5.51. The van der Waals surface area contributed by atoms with Crippen LogP contribution in [0.15, 0.2) is 6.20 Å². The van der Waals surface area contributed by atoms with Crippen molar-refractivity contribution in [2.45, 2.75) is 81.5 Å². The minimum atomic E-state index is -4.51. The molecule has 2 aliphatic heterocycles. The molecule has 0 unspecified atom stereocenters. The predicted octanol–water partition coefficient (Wildman–Crippen LogP) is 3.45. The van der Waals surface area contributed by atoms with Crippen molar-refractivity contribution >= 4 is 11.7 Å². The smallest absolute Gasteiger partial charge is 0.381 e. The SMILES string of the molecule is N[C@H](c1cn2nc(C[C@H]3C[C@@H](C(F)(F)F)NC3=O)c(C3CCOCC3)nc2n1)C1CCC(F)(F)CC1. The van der Waals surface area contributed by atoms with Gasteiger partial charge >= 0.3 is 6.18 Å². The first-order chi connectivity index (χ1) is 17.0. The van der Waals surface area contributed by atoms with Crippen LogP contribution < -0.4 is 11.1 Å². The Labute approximate surface area is 204 Å². The second-order valence-corrected chi connectivity index (χ2v) is 10.2. The highest BCUT2D eigenvalue weighted by Crippen LogP contribution is 2.40. The fourth-order valence-corrected chi connectivity index (χ4v) is 5.51. The van der Waals surface area contributed by atoms with Gasteiger partial charge in [0.05, 0.1) is 29.3 Å². The second kappa shape index (κ2) is 9.47. The molecule has 1 saturated carbocycles. The lowest BCUT2D eigenvalue weighted by Crippen LogP contribution is -2.38. The summed E-state index contributed by atoms with van der Waals surface area (Å²) in [6.07, 6.45) is -1.76. The number of halogens is 5.